The Morgan fingerprint density at radius 1 is 1.53 bits per heavy atom. The van der Waals surface area contributed by atoms with E-state index in [1.807, 2.05) is 12.1 Å². The SMILES string of the molecule is C[C@H](CCc1ccco1)N[C@H]1CC(=O)N(C2CC2)C1. The van der Waals surface area contributed by atoms with Gasteiger partial charge in [-0.25, -0.2) is 0 Å². The molecule has 19 heavy (non-hydrogen) atoms. The molecule has 1 N–H and O–H groups in total. The number of hydrogen-bond donors (Lipinski definition) is 1. The van der Waals surface area contributed by atoms with E-state index in [2.05, 4.69) is 17.1 Å². The van der Waals surface area contributed by atoms with Gasteiger partial charge in [-0.1, -0.05) is 0 Å². The van der Waals surface area contributed by atoms with E-state index >= 15 is 0 Å². The van der Waals surface area contributed by atoms with Gasteiger partial charge in [-0.2, -0.15) is 0 Å². The van der Waals surface area contributed by atoms with Crippen molar-refractivity contribution in [1.82, 2.24) is 10.2 Å². The lowest BCUT2D eigenvalue weighted by Crippen LogP contribution is -2.39. The van der Waals surface area contributed by atoms with Gasteiger partial charge in [0, 0.05) is 37.5 Å². The Bertz CT molecular complexity index is 425. The van der Waals surface area contributed by atoms with Gasteiger partial charge in [0.2, 0.25) is 5.91 Å². The molecule has 1 aromatic rings. The fourth-order valence-corrected chi connectivity index (χ4v) is 2.88. The minimum Gasteiger partial charge on any atom is -0.469 e. The molecule has 0 bridgehead atoms. The highest BCUT2D eigenvalue weighted by Crippen LogP contribution is 2.30. The fourth-order valence-electron chi connectivity index (χ4n) is 2.88. The molecule has 1 amide bonds. The minimum absolute atomic E-state index is 0.332. The molecule has 1 saturated carbocycles. The zero-order valence-corrected chi connectivity index (χ0v) is 11.5. The van der Waals surface area contributed by atoms with Gasteiger partial charge in [0.25, 0.3) is 0 Å². The molecule has 4 heteroatoms. The van der Waals surface area contributed by atoms with Crippen LogP contribution in [-0.2, 0) is 11.2 Å². The standard InChI is InChI=1S/C15H22N2O2/c1-11(4-7-14-3-2-8-19-14)16-12-9-15(18)17(10-12)13-5-6-13/h2-3,8,11-13,16H,4-7,9-10H2,1H3/t11-,12+/m1/s1. The number of nitrogens with zero attached hydrogens (tertiary/aromatic N) is 1. The molecule has 0 radical (unpaired) electrons. The first kappa shape index (κ1) is 12.7. The predicted octanol–water partition coefficient (Wildman–Crippen LogP) is 1.95. The largest absolute Gasteiger partial charge is 0.469 e. The first-order valence-corrected chi connectivity index (χ1v) is 7.30. The molecule has 0 unspecified atom stereocenters. The highest BCUT2D eigenvalue weighted by molar-refractivity contribution is 5.80. The summed E-state index contributed by atoms with van der Waals surface area (Å²) in [5.41, 5.74) is 0. The van der Waals surface area contributed by atoms with Crippen molar-refractivity contribution >= 4 is 5.91 Å². The minimum atomic E-state index is 0.332. The van der Waals surface area contributed by atoms with Gasteiger partial charge >= 0.3 is 0 Å². The predicted molar refractivity (Wildman–Crippen MR) is 72.8 cm³/mol. The van der Waals surface area contributed by atoms with Crippen LogP contribution in [0.2, 0.25) is 0 Å². The zero-order chi connectivity index (χ0) is 13.2. The van der Waals surface area contributed by atoms with Gasteiger partial charge in [-0.15, -0.1) is 0 Å². The maximum atomic E-state index is 11.9. The molecule has 1 saturated heterocycles. The van der Waals surface area contributed by atoms with E-state index in [0.717, 1.165) is 25.1 Å². The summed E-state index contributed by atoms with van der Waals surface area (Å²) in [7, 11) is 0. The van der Waals surface area contributed by atoms with Crippen LogP contribution in [0.5, 0.6) is 0 Å². The molecule has 104 valence electrons. The molecule has 3 rings (SSSR count). The van der Waals surface area contributed by atoms with E-state index in [9.17, 15) is 4.79 Å². The summed E-state index contributed by atoms with van der Waals surface area (Å²) >= 11 is 0. The lowest BCUT2D eigenvalue weighted by molar-refractivity contribution is -0.128. The van der Waals surface area contributed by atoms with Gasteiger partial charge in [0.05, 0.1) is 6.26 Å². The van der Waals surface area contributed by atoms with Crippen LogP contribution in [0.3, 0.4) is 0 Å². The van der Waals surface area contributed by atoms with Gasteiger partial charge in [-0.05, 0) is 38.3 Å². The molecular weight excluding hydrogens is 240 g/mol. The number of amides is 1. The zero-order valence-electron chi connectivity index (χ0n) is 11.5. The van der Waals surface area contributed by atoms with Crippen molar-refractivity contribution in [3.8, 4) is 0 Å². The van der Waals surface area contributed by atoms with Crippen LogP contribution in [0.4, 0.5) is 0 Å². The highest BCUT2D eigenvalue weighted by Gasteiger charge is 2.39. The Morgan fingerprint density at radius 3 is 3.05 bits per heavy atom. The molecule has 1 aromatic heterocycles. The molecule has 0 aromatic carbocycles. The van der Waals surface area contributed by atoms with E-state index in [4.69, 9.17) is 4.42 Å². The lowest BCUT2D eigenvalue weighted by Gasteiger charge is -2.20. The molecule has 2 fully saturated rings. The van der Waals surface area contributed by atoms with Crippen LogP contribution in [0, 0.1) is 0 Å². The van der Waals surface area contributed by atoms with Gasteiger partial charge in [0.15, 0.2) is 0 Å². The van der Waals surface area contributed by atoms with Crippen LogP contribution >= 0.6 is 0 Å². The number of rotatable bonds is 6. The first-order valence-electron chi connectivity index (χ1n) is 7.30. The van der Waals surface area contributed by atoms with Crippen molar-refractivity contribution < 1.29 is 9.21 Å². The van der Waals surface area contributed by atoms with Crippen molar-refractivity contribution in [3.63, 3.8) is 0 Å². The second-order valence-electron chi connectivity index (χ2n) is 5.86. The topological polar surface area (TPSA) is 45.5 Å². The average Bonchev–Trinajstić information content (AvgIpc) is 2.96. The van der Waals surface area contributed by atoms with Gasteiger partial charge in [-0.3, -0.25) is 4.79 Å². The maximum Gasteiger partial charge on any atom is 0.224 e. The molecular formula is C15H22N2O2. The summed E-state index contributed by atoms with van der Waals surface area (Å²) in [6.07, 6.45) is 6.78. The van der Waals surface area contributed by atoms with Crippen LogP contribution in [0.15, 0.2) is 22.8 Å². The van der Waals surface area contributed by atoms with Crippen LogP contribution in [0.1, 0.15) is 38.4 Å². The lowest BCUT2D eigenvalue weighted by atomic mass is 10.1. The summed E-state index contributed by atoms with van der Waals surface area (Å²) in [4.78, 5) is 13.9. The van der Waals surface area contributed by atoms with E-state index in [-0.39, 0.29) is 0 Å². The first-order chi connectivity index (χ1) is 9.22. The van der Waals surface area contributed by atoms with E-state index in [1.54, 1.807) is 6.26 Å². The third-order valence-corrected chi connectivity index (χ3v) is 4.07. The van der Waals surface area contributed by atoms with Crippen molar-refractivity contribution in [1.29, 1.82) is 0 Å². The quantitative estimate of drug-likeness (QED) is 0.852. The van der Waals surface area contributed by atoms with E-state index in [0.29, 0.717) is 30.5 Å². The van der Waals surface area contributed by atoms with E-state index < -0.39 is 0 Å². The summed E-state index contributed by atoms with van der Waals surface area (Å²) < 4.78 is 5.34. The van der Waals surface area contributed by atoms with Crippen molar-refractivity contribution in [2.75, 3.05) is 6.54 Å². The van der Waals surface area contributed by atoms with Crippen LogP contribution < -0.4 is 5.32 Å². The molecule has 2 atom stereocenters. The average molecular weight is 262 g/mol. The number of likely N-dealkylation sites (tertiary alicyclic amines) is 1. The molecule has 1 aliphatic carbocycles. The van der Waals surface area contributed by atoms with Crippen LogP contribution in [-0.4, -0.2) is 35.5 Å². The second kappa shape index (κ2) is 5.37. The van der Waals surface area contributed by atoms with Gasteiger partial charge in [0.1, 0.15) is 5.76 Å². The summed E-state index contributed by atoms with van der Waals surface area (Å²) in [5.74, 6) is 1.37. The summed E-state index contributed by atoms with van der Waals surface area (Å²) in [5, 5.41) is 3.58. The number of nitrogens with one attached hydrogen (secondary N) is 1. The molecule has 0 spiro atoms. The van der Waals surface area contributed by atoms with Crippen molar-refractivity contribution in [2.45, 2.75) is 57.2 Å². The third kappa shape index (κ3) is 3.18. The molecule has 2 aliphatic rings. The van der Waals surface area contributed by atoms with Crippen LogP contribution in [0.25, 0.3) is 0 Å². The Kier molecular flexibility index (Phi) is 3.60. The normalized spacial score (nSPS) is 25.0. The number of carbonyl (C=O) groups is 1. The highest BCUT2D eigenvalue weighted by atomic mass is 16.3. The molecule has 1 aliphatic heterocycles. The van der Waals surface area contributed by atoms with Gasteiger partial charge < -0.3 is 14.6 Å². The smallest absolute Gasteiger partial charge is 0.224 e. The van der Waals surface area contributed by atoms with Crippen molar-refractivity contribution in [2.24, 2.45) is 0 Å². The van der Waals surface area contributed by atoms with E-state index in [1.165, 1.54) is 12.8 Å². The van der Waals surface area contributed by atoms with Crippen molar-refractivity contribution in [3.05, 3.63) is 24.2 Å². The summed E-state index contributed by atoms with van der Waals surface area (Å²) in [6, 6.07) is 5.25. The number of furan rings is 1. The number of carbonyl (C=O) groups excluding carboxylic acids is 1. The second-order valence-corrected chi connectivity index (χ2v) is 5.86. The third-order valence-electron chi connectivity index (χ3n) is 4.07. The monoisotopic (exact) mass is 262 g/mol. The maximum absolute atomic E-state index is 11.9. The Morgan fingerprint density at radius 2 is 2.37 bits per heavy atom. The Hall–Kier alpha value is -1.29. The summed E-state index contributed by atoms with van der Waals surface area (Å²) in [6.45, 7) is 3.09. The molecule has 2 heterocycles. The Balaban J connectivity index is 1.42. The number of aryl methyl sites for hydroxylation is 1. The number of hydrogen-bond acceptors (Lipinski definition) is 3. The fraction of sp³-hybridized carbons (Fsp3) is 0.667. The Labute approximate surface area is 114 Å². The molecule has 4 nitrogen and oxygen atoms in total.